The van der Waals surface area contributed by atoms with Crippen LogP contribution in [0.15, 0.2) is 66.7 Å². The highest BCUT2D eigenvalue weighted by Crippen LogP contribution is 2.24. The van der Waals surface area contributed by atoms with Gasteiger partial charge in [0.2, 0.25) is 0 Å². The molecule has 0 aromatic heterocycles. The van der Waals surface area contributed by atoms with E-state index in [1.165, 1.54) is 5.69 Å². The molecule has 0 aliphatic carbocycles. The van der Waals surface area contributed by atoms with Gasteiger partial charge in [0.1, 0.15) is 0 Å². The second kappa shape index (κ2) is 7.80. The van der Waals surface area contributed by atoms with Gasteiger partial charge in [-0.05, 0) is 53.9 Å². The fourth-order valence-corrected chi connectivity index (χ4v) is 3.73. The van der Waals surface area contributed by atoms with Crippen molar-refractivity contribution in [2.45, 2.75) is 18.9 Å². The third kappa shape index (κ3) is 3.81. The zero-order valence-corrected chi connectivity index (χ0v) is 15.5. The van der Waals surface area contributed by atoms with E-state index in [0.717, 1.165) is 42.4 Å². The first-order chi connectivity index (χ1) is 13.2. The number of hydrogen-bond acceptors (Lipinski definition) is 3. The molecule has 0 radical (unpaired) electrons. The van der Waals surface area contributed by atoms with Crippen LogP contribution in [-0.4, -0.2) is 32.2 Å². The molecule has 138 valence electrons. The highest BCUT2D eigenvalue weighted by Gasteiger charge is 2.19. The standard InChI is InChI=1S/C23H24N2O2/c1-27-20-13-15-25(16-14-20)19-11-9-18(10-12-19)24-23(26)22-8-4-6-17-5-2-3-7-21(17)22/h2-12,20H,13-16H2,1H3,(H,24,26). The summed E-state index contributed by atoms with van der Waals surface area (Å²) in [5, 5.41) is 5.06. The molecular formula is C23H24N2O2. The SMILES string of the molecule is COC1CCN(c2ccc(NC(=O)c3cccc4ccccc34)cc2)CC1. The first kappa shape index (κ1) is 17.6. The maximum atomic E-state index is 12.7. The summed E-state index contributed by atoms with van der Waals surface area (Å²) < 4.78 is 5.44. The van der Waals surface area contributed by atoms with Gasteiger partial charge >= 0.3 is 0 Å². The Hall–Kier alpha value is -2.85. The average Bonchev–Trinajstić information content (AvgIpc) is 2.74. The lowest BCUT2D eigenvalue weighted by molar-refractivity contribution is 0.0819. The van der Waals surface area contributed by atoms with Crippen LogP contribution in [0.5, 0.6) is 0 Å². The molecule has 4 heteroatoms. The van der Waals surface area contributed by atoms with E-state index in [2.05, 4.69) is 22.3 Å². The Bertz CT molecular complexity index is 923. The topological polar surface area (TPSA) is 41.6 Å². The number of carbonyl (C=O) groups is 1. The number of nitrogens with one attached hydrogen (secondary N) is 1. The molecule has 1 aliphatic rings. The quantitative estimate of drug-likeness (QED) is 0.733. The molecule has 0 unspecified atom stereocenters. The Kier molecular flexibility index (Phi) is 5.07. The first-order valence-electron chi connectivity index (χ1n) is 9.41. The van der Waals surface area contributed by atoms with E-state index in [9.17, 15) is 4.79 Å². The van der Waals surface area contributed by atoms with E-state index >= 15 is 0 Å². The third-order valence-corrected chi connectivity index (χ3v) is 5.30. The molecule has 1 amide bonds. The summed E-state index contributed by atoms with van der Waals surface area (Å²) >= 11 is 0. The average molecular weight is 360 g/mol. The number of amides is 1. The molecule has 1 aliphatic heterocycles. The molecule has 4 rings (SSSR count). The zero-order valence-electron chi connectivity index (χ0n) is 15.5. The van der Waals surface area contributed by atoms with Crippen molar-refractivity contribution in [1.29, 1.82) is 0 Å². The first-order valence-corrected chi connectivity index (χ1v) is 9.41. The molecule has 0 saturated carbocycles. The van der Waals surface area contributed by atoms with Gasteiger partial charge in [0.15, 0.2) is 0 Å². The van der Waals surface area contributed by atoms with Crippen molar-refractivity contribution in [1.82, 2.24) is 0 Å². The monoisotopic (exact) mass is 360 g/mol. The van der Waals surface area contributed by atoms with Gasteiger partial charge in [0, 0.05) is 37.1 Å². The Labute approximate surface area is 159 Å². The van der Waals surface area contributed by atoms with Crippen LogP contribution in [0.2, 0.25) is 0 Å². The molecular weight excluding hydrogens is 336 g/mol. The number of nitrogens with zero attached hydrogens (tertiary/aromatic N) is 1. The fourth-order valence-electron chi connectivity index (χ4n) is 3.73. The van der Waals surface area contributed by atoms with Gasteiger partial charge in [0.05, 0.1) is 6.10 Å². The van der Waals surface area contributed by atoms with Crippen molar-refractivity contribution in [3.63, 3.8) is 0 Å². The number of benzene rings is 3. The van der Waals surface area contributed by atoms with Crippen molar-refractivity contribution >= 4 is 28.1 Å². The number of anilines is 2. The summed E-state index contributed by atoms with van der Waals surface area (Å²) in [6.45, 7) is 2.00. The van der Waals surface area contributed by atoms with Gasteiger partial charge in [-0.2, -0.15) is 0 Å². The molecule has 0 spiro atoms. The lowest BCUT2D eigenvalue weighted by atomic mass is 10.0. The van der Waals surface area contributed by atoms with Gasteiger partial charge in [-0.1, -0.05) is 36.4 Å². The lowest BCUT2D eigenvalue weighted by Gasteiger charge is -2.33. The summed E-state index contributed by atoms with van der Waals surface area (Å²) in [7, 11) is 1.79. The number of ether oxygens (including phenoxy) is 1. The minimum atomic E-state index is -0.0829. The van der Waals surface area contributed by atoms with Gasteiger partial charge in [-0.15, -0.1) is 0 Å². The maximum absolute atomic E-state index is 12.7. The predicted molar refractivity (Wildman–Crippen MR) is 111 cm³/mol. The summed E-state index contributed by atoms with van der Waals surface area (Å²) in [5.74, 6) is -0.0829. The largest absolute Gasteiger partial charge is 0.381 e. The summed E-state index contributed by atoms with van der Waals surface area (Å²) in [5.41, 5.74) is 2.69. The van der Waals surface area contributed by atoms with Crippen molar-refractivity contribution < 1.29 is 9.53 Å². The van der Waals surface area contributed by atoms with Crippen molar-refractivity contribution in [3.05, 3.63) is 72.3 Å². The molecule has 1 saturated heterocycles. The van der Waals surface area contributed by atoms with E-state index in [0.29, 0.717) is 11.7 Å². The maximum Gasteiger partial charge on any atom is 0.256 e. The van der Waals surface area contributed by atoms with E-state index in [4.69, 9.17) is 4.74 Å². The molecule has 1 N–H and O–H groups in total. The smallest absolute Gasteiger partial charge is 0.256 e. The molecule has 0 atom stereocenters. The number of hydrogen-bond donors (Lipinski definition) is 1. The van der Waals surface area contributed by atoms with Crippen LogP contribution in [-0.2, 0) is 4.74 Å². The Balaban J connectivity index is 1.46. The van der Waals surface area contributed by atoms with Crippen LogP contribution >= 0.6 is 0 Å². The Morgan fingerprint density at radius 3 is 2.41 bits per heavy atom. The normalized spacial score (nSPS) is 15.1. The van der Waals surface area contributed by atoms with Crippen LogP contribution in [0.1, 0.15) is 23.2 Å². The summed E-state index contributed by atoms with van der Waals surface area (Å²) in [4.78, 5) is 15.1. The van der Waals surface area contributed by atoms with Crippen LogP contribution < -0.4 is 10.2 Å². The van der Waals surface area contributed by atoms with Crippen LogP contribution in [0, 0.1) is 0 Å². The predicted octanol–water partition coefficient (Wildman–Crippen LogP) is 4.71. The Morgan fingerprint density at radius 1 is 0.963 bits per heavy atom. The molecule has 3 aromatic carbocycles. The third-order valence-electron chi connectivity index (χ3n) is 5.30. The van der Waals surface area contributed by atoms with Gasteiger partial charge in [0.25, 0.3) is 5.91 Å². The minimum absolute atomic E-state index is 0.0829. The zero-order chi connectivity index (χ0) is 18.6. The molecule has 4 nitrogen and oxygen atoms in total. The van der Waals surface area contributed by atoms with Crippen LogP contribution in [0.3, 0.4) is 0 Å². The number of fused-ring (bicyclic) bond motifs is 1. The number of piperidine rings is 1. The highest BCUT2D eigenvalue weighted by molar-refractivity contribution is 6.12. The van der Waals surface area contributed by atoms with E-state index in [-0.39, 0.29) is 5.91 Å². The van der Waals surface area contributed by atoms with Gasteiger partial charge in [-0.3, -0.25) is 4.79 Å². The molecule has 1 fully saturated rings. The van der Waals surface area contributed by atoms with E-state index in [1.807, 2.05) is 54.6 Å². The van der Waals surface area contributed by atoms with E-state index in [1.54, 1.807) is 7.11 Å². The number of rotatable bonds is 4. The number of methoxy groups -OCH3 is 1. The van der Waals surface area contributed by atoms with Crippen molar-refractivity contribution in [2.75, 3.05) is 30.4 Å². The molecule has 27 heavy (non-hydrogen) atoms. The minimum Gasteiger partial charge on any atom is -0.381 e. The second-order valence-corrected chi connectivity index (χ2v) is 6.95. The molecule has 1 heterocycles. The highest BCUT2D eigenvalue weighted by atomic mass is 16.5. The van der Waals surface area contributed by atoms with Gasteiger partial charge in [-0.25, -0.2) is 0 Å². The molecule has 0 bridgehead atoms. The van der Waals surface area contributed by atoms with Gasteiger partial charge < -0.3 is 15.0 Å². The molecule has 3 aromatic rings. The second-order valence-electron chi connectivity index (χ2n) is 6.95. The van der Waals surface area contributed by atoms with Crippen LogP contribution in [0.4, 0.5) is 11.4 Å². The van der Waals surface area contributed by atoms with Crippen LogP contribution in [0.25, 0.3) is 10.8 Å². The summed E-state index contributed by atoms with van der Waals surface area (Å²) in [6.07, 6.45) is 2.48. The Morgan fingerprint density at radius 2 is 1.67 bits per heavy atom. The fraction of sp³-hybridized carbons (Fsp3) is 0.261. The lowest BCUT2D eigenvalue weighted by Crippen LogP contribution is -2.36. The van der Waals surface area contributed by atoms with Crippen molar-refractivity contribution in [2.24, 2.45) is 0 Å². The summed E-state index contributed by atoms with van der Waals surface area (Å²) in [6, 6.07) is 21.9. The van der Waals surface area contributed by atoms with Crippen molar-refractivity contribution in [3.8, 4) is 0 Å². The number of carbonyl (C=O) groups excluding carboxylic acids is 1. The van der Waals surface area contributed by atoms with E-state index < -0.39 is 0 Å².